The van der Waals surface area contributed by atoms with E-state index in [4.69, 9.17) is 0 Å². The summed E-state index contributed by atoms with van der Waals surface area (Å²) in [5.41, 5.74) is 3.06. The van der Waals surface area contributed by atoms with Gasteiger partial charge in [-0.05, 0) is 99.2 Å². The van der Waals surface area contributed by atoms with Crippen LogP contribution in [0.4, 0.5) is 0 Å². The molecule has 0 heterocycles. The molecule has 3 rings (SSSR count). The minimum atomic E-state index is 0.611. The predicted molar refractivity (Wildman–Crippen MR) is 127 cm³/mol. The Bertz CT molecular complexity index is 652. The molecule has 0 nitrogen and oxygen atoms in total. The molecule has 0 heteroatoms. The maximum atomic E-state index is 3.55. The van der Waals surface area contributed by atoms with Gasteiger partial charge in [-0.1, -0.05) is 75.3 Å². The molecule has 0 spiro atoms. The molecular weight excluding hydrogens is 348 g/mol. The predicted octanol–water partition coefficient (Wildman–Crippen LogP) is 8.47. The lowest BCUT2D eigenvalue weighted by Crippen LogP contribution is -2.12. The van der Waals surface area contributed by atoms with Crippen molar-refractivity contribution in [1.82, 2.24) is 0 Å². The maximum Gasteiger partial charge on any atom is 0.0206 e. The number of unbranched alkanes of at least 4 members (excludes halogenated alkanes) is 2. The zero-order valence-electron chi connectivity index (χ0n) is 19.0. The highest BCUT2D eigenvalue weighted by atomic mass is 14.3. The molecule has 0 aromatic heterocycles. The van der Waals surface area contributed by atoms with Crippen molar-refractivity contribution < 1.29 is 0 Å². The highest BCUT2D eigenvalue weighted by molar-refractivity contribution is 5.26. The lowest BCUT2D eigenvalue weighted by atomic mass is 9.78. The Balaban J connectivity index is 1.38. The monoisotopic (exact) mass is 390 g/mol. The molecular formula is C29H42. The van der Waals surface area contributed by atoms with Gasteiger partial charge in [-0.2, -0.15) is 0 Å². The molecule has 2 fully saturated rings. The van der Waals surface area contributed by atoms with E-state index in [1.807, 2.05) is 0 Å². The maximum absolute atomic E-state index is 3.55. The molecule has 2 saturated carbocycles. The van der Waals surface area contributed by atoms with Crippen LogP contribution in [-0.2, 0) is 6.42 Å². The van der Waals surface area contributed by atoms with E-state index in [0.717, 1.165) is 17.8 Å². The van der Waals surface area contributed by atoms with Crippen molar-refractivity contribution in [1.29, 1.82) is 0 Å². The summed E-state index contributed by atoms with van der Waals surface area (Å²) in [5.74, 6) is 10.1. The van der Waals surface area contributed by atoms with Crippen LogP contribution in [0.2, 0.25) is 0 Å². The molecule has 0 radical (unpaired) electrons. The van der Waals surface area contributed by atoms with Gasteiger partial charge in [0.1, 0.15) is 0 Å². The lowest BCUT2D eigenvalue weighted by Gasteiger charge is -2.26. The van der Waals surface area contributed by atoms with Gasteiger partial charge in [-0.25, -0.2) is 0 Å². The second-order valence-electron chi connectivity index (χ2n) is 9.58. The first-order valence-electron chi connectivity index (χ1n) is 12.5. The summed E-state index contributed by atoms with van der Waals surface area (Å²) < 4.78 is 0. The van der Waals surface area contributed by atoms with Gasteiger partial charge in [0.2, 0.25) is 0 Å². The Hall–Kier alpha value is -1.48. The van der Waals surface area contributed by atoms with Crippen molar-refractivity contribution >= 4 is 0 Å². The smallest absolute Gasteiger partial charge is 0.0206 e. The van der Waals surface area contributed by atoms with E-state index in [1.165, 1.54) is 89.0 Å². The standard InChI is InChI=1S/C29H42/c1-3-5-6-9-26-16-20-28(21-17-26)29-22-18-27(19-23-29)11-8-7-10-25-14-12-24(4-2)13-15-25/h7,10,16-17,20-21,24-25,27,29H,3-6,9,12-15,18-19,22-23H2,1-2H3/b10-7+. The molecule has 1 aromatic rings. The first-order chi connectivity index (χ1) is 14.3. The second-order valence-corrected chi connectivity index (χ2v) is 9.58. The number of hydrogen-bond acceptors (Lipinski definition) is 0. The van der Waals surface area contributed by atoms with Crippen molar-refractivity contribution in [2.45, 2.75) is 103 Å². The summed E-state index contributed by atoms with van der Waals surface area (Å²) in [4.78, 5) is 0. The molecule has 0 atom stereocenters. The zero-order valence-corrected chi connectivity index (χ0v) is 19.0. The molecule has 2 aliphatic carbocycles. The van der Waals surface area contributed by atoms with E-state index < -0.39 is 0 Å². The van der Waals surface area contributed by atoms with E-state index >= 15 is 0 Å². The molecule has 0 amide bonds. The number of hydrogen-bond donors (Lipinski definition) is 0. The van der Waals surface area contributed by atoms with Crippen molar-refractivity contribution in [3.63, 3.8) is 0 Å². The average molecular weight is 391 g/mol. The first kappa shape index (κ1) is 22.2. The van der Waals surface area contributed by atoms with Crippen LogP contribution in [0.5, 0.6) is 0 Å². The van der Waals surface area contributed by atoms with E-state index in [2.05, 4.69) is 62.1 Å². The van der Waals surface area contributed by atoms with Crippen LogP contribution in [-0.4, -0.2) is 0 Å². The molecule has 0 saturated heterocycles. The Morgan fingerprint density at radius 1 is 0.862 bits per heavy atom. The van der Waals surface area contributed by atoms with Gasteiger partial charge >= 0.3 is 0 Å². The molecule has 0 unspecified atom stereocenters. The van der Waals surface area contributed by atoms with E-state index in [1.54, 1.807) is 5.56 Å². The van der Waals surface area contributed by atoms with Crippen LogP contribution in [0.15, 0.2) is 36.4 Å². The van der Waals surface area contributed by atoms with Gasteiger partial charge in [0.05, 0.1) is 0 Å². The van der Waals surface area contributed by atoms with Crippen LogP contribution < -0.4 is 0 Å². The summed E-state index contributed by atoms with van der Waals surface area (Å²) in [7, 11) is 0. The van der Waals surface area contributed by atoms with Crippen LogP contribution in [0.3, 0.4) is 0 Å². The van der Waals surface area contributed by atoms with Crippen LogP contribution in [0.25, 0.3) is 0 Å². The van der Waals surface area contributed by atoms with Crippen molar-refractivity contribution in [2.75, 3.05) is 0 Å². The van der Waals surface area contributed by atoms with Crippen LogP contribution in [0, 0.1) is 29.6 Å². The quantitative estimate of drug-likeness (QED) is 0.323. The third-order valence-corrected chi connectivity index (χ3v) is 7.46. The fourth-order valence-corrected chi connectivity index (χ4v) is 5.25. The number of rotatable bonds is 7. The third kappa shape index (κ3) is 7.37. The van der Waals surface area contributed by atoms with Gasteiger partial charge in [-0.3, -0.25) is 0 Å². The van der Waals surface area contributed by atoms with E-state index in [0.29, 0.717) is 5.92 Å². The highest BCUT2D eigenvalue weighted by Gasteiger charge is 2.21. The Morgan fingerprint density at radius 3 is 2.24 bits per heavy atom. The minimum Gasteiger partial charge on any atom is -0.0951 e. The van der Waals surface area contributed by atoms with Gasteiger partial charge in [0, 0.05) is 5.92 Å². The lowest BCUT2D eigenvalue weighted by molar-refractivity contribution is 0.304. The summed E-state index contributed by atoms with van der Waals surface area (Å²) in [5, 5.41) is 0. The SMILES string of the molecule is CCCCCc1ccc(C2CCC(C#C/C=C/C3CCC(CC)CC3)CC2)cc1. The van der Waals surface area contributed by atoms with Gasteiger partial charge in [0.15, 0.2) is 0 Å². The number of allylic oxidation sites excluding steroid dienone is 2. The molecule has 0 N–H and O–H groups in total. The van der Waals surface area contributed by atoms with Crippen molar-refractivity contribution in [3.8, 4) is 11.8 Å². The second kappa shape index (κ2) is 12.3. The topological polar surface area (TPSA) is 0 Å². The molecule has 0 aliphatic heterocycles. The van der Waals surface area contributed by atoms with E-state index in [-0.39, 0.29) is 0 Å². The Morgan fingerprint density at radius 2 is 1.59 bits per heavy atom. The zero-order chi connectivity index (χ0) is 20.3. The number of benzene rings is 1. The van der Waals surface area contributed by atoms with Crippen LogP contribution >= 0.6 is 0 Å². The van der Waals surface area contributed by atoms with Gasteiger partial charge in [0.25, 0.3) is 0 Å². The van der Waals surface area contributed by atoms with Crippen molar-refractivity contribution in [3.05, 3.63) is 47.5 Å². The normalized spacial score (nSPS) is 27.5. The summed E-state index contributed by atoms with van der Waals surface area (Å²) in [6, 6.07) is 9.53. The Labute approximate surface area is 180 Å². The fraction of sp³-hybridized carbons (Fsp3) is 0.655. The minimum absolute atomic E-state index is 0.611. The number of aryl methyl sites for hydroxylation is 1. The summed E-state index contributed by atoms with van der Waals surface area (Å²) in [6.07, 6.45) is 21.9. The molecule has 2 aliphatic rings. The molecule has 29 heavy (non-hydrogen) atoms. The molecule has 1 aromatic carbocycles. The molecule has 158 valence electrons. The summed E-state index contributed by atoms with van der Waals surface area (Å²) >= 11 is 0. The highest BCUT2D eigenvalue weighted by Crippen LogP contribution is 2.35. The van der Waals surface area contributed by atoms with Gasteiger partial charge in [-0.15, -0.1) is 0 Å². The largest absolute Gasteiger partial charge is 0.0951 e. The molecule has 0 bridgehead atoms. The van der Waals surface area contributed by atoms with Gasteiger partial charge < -0.3 is 0 Å². The Kier molecular flexibility index (Phi) is 9.40. The fourth-order valence-electron chi connectivity index (χ4n) is 5.25. The van der Waals surface area contributed by atoms with E-state index in [9.17, 15) is 0 Å². The first-order valence-corrected chi connectivity index (χ1v) is 12.5. The van der Waals surface area contributed by atoms with Crippen LogP contribution in [0.1, 0.15) is 108 Å². The average Bonchev–Trinajstić information content (AvgIpc) is 2.78. The summed E-state index contributed by atoms with van der Waals surface area (Å²) in [6.45, 7) is 4.61. The third-order valence-electron chi connectivity index (χ3n) is 7.46. The van der Waals surface area contributed by atoms with Crippen molar-refractivity contribution in [2.24, 2.45) is 17.8 Å².